The van der Waals surface area contributed by atoms with E-state index in [1.807, 2.05) is 34.6 Å². The van der Waals surface area contributed by atoms with Crippen molar-refractivity contribution >= 4 is 5.95 Å². The van der Waals surface area contributed by atoms with Crippen molar-refractivity contribution in [3.05, 3.63) is 17.0 Å². The Morgan fingerprint density at radius 1 is 0.917 bits per heavy atom. The number of hydrogen-bond acceptors (Lipinski definition) is 3. The molecule has 0 bridgehead atoms. The molecule has 0 aliphatic heterocycles. The minimum atomic E-state index is 0.362. The highest BCUT2D eigenvalue weighted by Crippen LogP contribution is 2.07. The van der Waals surface area contributed by atoms with Crippen LogP contribution < -0.4 is 5.73 Å². The molecule has 0 aliphatic carbocycles. The molecule has 2 N–H and O–H groups in total. The van der Waals surface area contributed by atoms with E-state index < -0.39 is 0 Å². The molecule has 0 unspecified atom stereocenters. The third kappa shape index (κ3) is 2.49. The van der Waals surface area contributed by atoms with Gasteiger partial charge in [-0.15, -0.1) is 0 Å². The van der Waals surface area contributed by atoms with E-state index >= 15 is 0 Å². The van der Waals surface area contributed by atoms with Crippen LogP contribution in [-0.4, -0.2) is 9.97 Å². The summed E-state index contributed by atoms with van der Waals surface area (Å²) in [7, 11) is 0. The number of anilines is 1. The van der Waals surface area contributed by atoms with E-state index in [1.165, 1.54) is 0 Å². The van der Waals surface area contributed by atoms with E-state index in [9.17, 15) is 0 Å². The summed E-state index contributed by atoms with van der Waals surface area (Å²) in [6.45, 7) is 9.85. The molecule has 12 heavy (non-hydrogen) atoms. The predicted octanol–water partition coefficient (Wildman–Crippen LogP) is 2.01. The fraction of sp³-hybridized carbons (Fsp3) is 0.556. The van der Waals surface area contributed by atoms with Crippen LogP contribution in [0.2, 0.25) is 0 Å². The molecule has 0 saturated carbocycles. The topological polar surface area (TPSA) is 51.8 Å². The maximum absolute atomic E-state index is 5.41. The first-order chi connectivity index (χ1) is 5.61. The van der Waals surface area contributed by atoms with Crippen molar-refractivity contribution in [3.63, 3.8) is 0 Å². The second-order valence-electron chi connectivity index (χ2n) is 2.38. The van der Waals surface area contributed by atoms with Crippen molar-refractivity contribution in [3.8, 4) is 0 Å². The van der Waals surface area contributed by atoms with Crippen molar-refractivity contribution < 1.29 is 0 Å². The third-order valence-electron chi connectivity index (χ3n) is 1.65. The van der Waals surface area contributed by atoms with Gasteiger partial charge in [0.2, 0.25) is 5.95 Å². The molecular formula is C9H17N3. The van der Waals surface area contributed by atoms with Crippen LogP contribution in [0, 0.1) is 20.8 Å². The van der Waals surface area contributed by atoms with E-state index in [2.05, 4.69) is 9.97 Å². The summed E-state index contributed by atoms with van der Waals surface area (Å²) in [5.41, 5.74) is 8.45. The van der Waals surface area contributed by atoms with Gasteiger partial charge in [0.25, 0.3) is 0 Å². The number of hydrogen-bond donors (Lipinski definition) is 1. The highest BCUT2D eigenvalue weighted by Gasteiger charge is 1.99. The summed E-state index contributed by atoms with van der Waals surface area (Å²) in [5, 5.41) is 0. The lowest BCUT2D eigenvalue weighted by molar-refractivity contribution is 1.03. The van der Waals surface area contributed by atoms with Gasteiger partial charge in [-0.1, -0.05) is 13.8 Å². The number of rotatable bonds is 0. The number of nitrogen functional groups attached to an aromatic ring is 1. The second kappa shape index (κ2) is 4.70. The van der Waals surface area contributed by atoms with Crippen molar-refractivity contribution in [1.29, 1.82) is 0 Å². The normalized spacial score (nSPS) is 8.75. The van der Waals surface area contributed by atoms with E-state index in [-0.39, 0.29) is 0 Å². The van der Waals surface area contributed by atoms with Gasteiger partial charge in [-0.2, -0.15) is 0 Å². The van der Waals surface area contributed by atoms with E-state index in [4.69, 9.17) is 5.73 Å². The van der Waals surface area contributed by atoms with Gasteiger partial charge < -0.3 is 5.73 Å². The average molecular weight is 167 g/mol. The molecule has 0 aliphatic rings. The molecule has 1 aromatic rings. The molecule has 1 heterocycles. The van der Waals surface area contributed by atoms with E-state index in [0.29, 0.717) is 5.95 Å². The minimum absolute atomic E-state index is 0.362. The van der Waals surface area contributed by atoms with Crippen LogP contribution in [0.25, 0.3) is 0 Å². The molecule has 0 atom stereocenters. The smallest absolute Gasteiger partial charge is 0.220 e. The summed E-state index contributed by atoms with van der Waals surface area (Å²) in [6, 6.07) is 0. The first-order valence-corrected chi connectivity index (χ1v) is 4.18. The molecule has 0 amide bonds. The first kappa shape index (κ1) is 10.9. The van der Waals surface area contributed by atoms with Crippen LogP contribution in [0.3, 0.4) is 0 Å². The van der Waals surface area contributed by atoms with Gasteiger partial charge in [0.1, 0.15) is 0 Å². The highest BCUT2D eigenvalue weighted by atomic mass is 15.0. The van der Waals surface area contributed by atoms with Crippen LogP contribution >= 0.6 is 0 Å². The molecule has 3 nitrogen and oxygen atoms in total. The van der Waals surface area contributed by atoms with Crippen molar-refractivity contribution in [2.45, 2.75) is 34.6 Å². The van der Waals surface area contributed by atoms with Crippen molar-refractivity contribution in [1.82, 2.24) is 9.97 Å². The van der Waals surface area contributed by atoms with Crippen molar-refractivity contribution in [2.24, 2.45) is 0 Å². The van der Waals surface area contributed by atoms with Gasteiger partial charge in [-0.3, -0.25) is 0 Å². The molecule has 1 rings (SSSR count). The van der Waals surface area contributed by atoms with Crippen LogP contribution in [-0.2, 0) is 0 Å². The predicted molar refractivity (Wildman–Crippen MR) is 52.0 cm³/mol. The Hall–Kier alpha value is -1.12. The Morgan fingerprint density at radius 2 is 1.25 bits per heavy atom. The summed E-state index contributed by atoms with van der Waals surface area (Å²) in [5.74, 6) is 0.362. The summed E-state index contributed by atoms with van der Waals surface area (Å²) in [6.07, 6.45) is 0. The molecule has 3 heteroatoms. The zero-order chi connectivity index (χ0) is 9.72. The zero-order valence-electron chi connectivity index (χ0n) is 8.47. The van der Waals surface area contributed by atoms with Gasteiger partial charge in [-0.05, 0) is 26.3 Å². The Labute approximate surface area is 74.0 Å². The molecule has 1 aromatic heterocycles. The van der Waals surface area contributed by atoms with Gasteiger partial charge in [0.15, 0.2) is 0 Å². The largest absolute Gasteiger partial charge is 0.368 e. The lowest BCUT2D eigenvalue weighted by Crippen LogP contribution is -2.01. The number of nitrogens with two attached hydrogens (primary N) is 1. The SMILES string of the molecule is CC.Cc1nc(N)nc(C)c1C. The lowest BCUT2D eigenvalue weighted by Gasteiger charge is -2.02. The van der Waals surface area contributed by atoms with Crippen LogP contribution in [0.15, 0.2) is 0 Å². The van der Waals surface area contributed by atoms with Gasteiger partial charge in [-0.25, -0.2) is 9.97 Å². The van der Waals surface area contributed by atoms with Crippen LogP contribution in [0.5, 0.6) is 0 Å². The fourth-order valence-corrected chi connectivity index (χ4v) is 0.798. The Balaban J connectivity index is 0.000000561. The van der Waals surface area contributed by atoms with Gasteiger partial charge in [0, 0.05) is 11.4 Å². The molecule has 0 spiro atoms. The van der Waals surface area contributed by atoms with E-state index in [1.54, 1.807) is 0 Å². The zero-order valence-corrected chi connectivity index (χ0v) is 8.47. The first-order valence-electron chi connectivity index (χ1n) is 4.18. The maximum atomic E-state index is 5.41. The van der Waals surface area contributed by atoms with Gasteiger partial charge >= 0.3 is 0 Å². The summed E-state index contributed by atoms with van der Waals surface area (Å²) >= 11 is 0. The van der Waals surface area contributed by atoms with Crippen molar-refractivity contribution in [2.75, 3.05) is 5.73 Å². The molecule has 68 valence electrons. The Bertz CT molecular complexity index is 233. The lowest BCUT2D eigenvalue weighted by atomic mass is 10.2. The maximum Gasteiger partial charge on any atom is 0.220 e. The molecule has 0 aromatic carbocycles. The molecule has 0 radical (unpaired) electrons. The number of aromatic nitrogens is 2. The standard InChI is InChI=1S/C7H11N3.C2H6/c1-4-5(2)9-7(8)10-6(4)3;1-2/h1-3H3,(H2,8,9,10);1-2H3. The molecule has 0 saturated heterocycles. The minimum Gasteiger partial charge on any atom is -0.368 e. The van der Waals surface area contributed by atoms with Gasteiger partial charge in [0.05, 0.1) is 0 Å². The molecular weight excluding hydrogens is 150 g/mol. The van der Waals surface area contributed by atoms with E-state index in [0.717, 1.165) is 17.0 Å². The third-order valence-corrected chi connectivity index (χ3v) is 1.65. The second-order valence-corrected chi connectivity index (χ2v) is 2.38. The summed E-state index contributed by atoms with van der Waals surface area (Å²) in [4.78, 5) is 8.00. The number of nitrogens with zero attached hydrogens (tertiary/aromatic N) is 2. The molecule has 0 fully saturated rings. The van der Waals surface area contributed by atoms with Crippen LogP contribution in [0.4, 0.5) is 5.95 Å². The monoisotopic (exact) mass is 167 g/mol. The Kier molecular flexibility index (Phi) is 4.26. The Morgan fingerprint density at radius 3 is 1.58 bits per heavy atom. The number of aryl methyl sites for hydroxylation is 2. The summed E-state index contributed by atoms with van der Waals surface area (Å²) < 4.78 is 0. The fourth-order valence-electron chi connectivity index (χ4n) is 0.798. The van der Waals surface area contributed by atoms with Crippen LogP contribution in [0.1, 0.15) is 30.8 Å². The average Bonchev–Trinajstić information content (AvgIpc) is 2.04. The quantitative estimate of drug-likeness (QED) is 0.643. The highest BCUT2D eigenvalue weighted by molar-refractivity contribution is 5.28.